The highest BCUT2D eigenvalue weighted by molar-refractivity contribution is 9.10. The highest BCUT2D eigenvalue weighted by Gasteiger charge is 2.17. The van der Waals surface area contributed by atoms with Crippen LogP contribution in [-0.2, 0) is 13.5 Å². The van der Waals surface area contributed by atoms with Crippen molar-refractivity contribution in [2.24, 2.45) is 12.8 Å². The Morgan fingerprint density at radius 3 is 2.84 bits per heavy atom. The van der Waals surface area contributed by atoms with Gasteiger partial charge in [-0.1, -0.05) is 0 Å². The Bertz CT molecular complexity index is 598. The van der Waals surface area contributed by atoms with Crippen molar-refractivity contribution < 1.29 is 9.13 Å². The Morgan fingerprint density at radius 1 is 1.47 bits per heavy atom. The van der Waals surface area contributed by atoms with Crippen molar-refractivity contribution in [1.29, 1.82) is 0 Å². The molecule has 0 spiro atoms. The van der Waals surface area contributed by atoms with E-state index in [4.69, 9.17) is 10.5 Å². The number of nitrogens with two attached hydrogens (primary N) is 1. The van der Waals surface area contributed by atoms with E-state index >= 15 is 0 Å². The lowest BCUT2D eigenvalue weighted by molar-refractivity contribution is 0.415. The zero-order valence-electron chi connectivity index (χ0n) is 10.8. The maximum Gasteiger partial charge on any atom is 0.145 e. The van der Waals surface area contributed by atoms with Crippen molar-refractivity contribution in [1.82, 2.24) is 9.55 Å². The number of halogens is 2. The number of imidazole rings is 1. The van der Waals surface area contributed by atoms with Gasteiger partial charge in [0.15, 0.2) is 0 Å². The summed E-state index contributed by atoms with van der Waals surface area (Å²) in [5.41, 5.74) is 7.17. The topological polar surface area (TPSA) is 53.1 Å². The third kappa shape index (κ3) is 2.64. The molecule has 0 fully saturated rings. The number of ether oxygens (including phenoxy) is 1. The van der Waals surface area contributed by atoms with E-state index in [9.17, 15) is 4.39 Å². The molecule has 2 N–H and O–H groups in total. The number of benzene rings is 1. The minimum absolute atomic E-state index is 0.324. The fraction of sp³-hybridized carbons (Fsp3) is 0.308. The van der Waals surface area contributed by atoms with Crippen LogP contribution < -0.4 is 10.5 Å². The number of rotatable bonds is 4. The molecule has 0 aliphatic heterocycles. The maximum atomic E-state index is 13.4. The lowest BCUT2D eigenvalue weighted by Crippen LogP contribution is -2.07. The molecule has 2 rings (SSSR count). The second kappa shape index (κ2) is 5.71. The maximum absolute atomic E-state index is 13.4. The summed E-state index contributed by atoms with van der Waals surface area (Å²) in [4.78, 5) is 4.43. The van der Waals surface area contributed by atoms with Gasteiger partial charge in [-0.3, -0.25) is 0 Å². The van der Waals surface area contributed by atoms with Gasteiger partial charge in [0.05, 0.1) is 18.4 Å². The van der Waals surface area contributed by atoms with Crippen molar-refractivity contribution in [2.45, 2.75) is 6.42 Å². The van der Waals surface area contributed by atoms with E-state index in [0.29, 0.717) is 30.1 Å². The minimum Gasteiger partial charge on any atom is -0.496 e. The van der Waals surface area contributed by atoms with Crippen LogP contribution in [0.3, 0.4) is 0 Å². The second-order valence-electron chi connectivity index (χ2n) is 4.12. The number of hydrogen-bond donors (Lipinski definition) is 1. The molecule has 0 aliphatic rings. The number of hydrogen-bond acceptors (Lipinski definition) is 3. The molecule has 1 heterocycles. The first-order valence-electron chi connectivity index (χ1n) is 5.83. The van der Waals surface area contributed by atoms with Crippen molar-refractivity contribution >= 4 is 15.9 Å². The van der Waals surface area contributed by atoms with Gasteiger partial charge in [0.1, 0.15) is 22.0 Å². The van der Waals surface area contributed by atoms with E-state index in [1.54, 1.807) is 13.2 Å². The summed E-state index contributed by atoms with van der Waals surface area (Å²) in [5.74, 6) is 0.906. The molecule has 0 bridgehead atoms. The first-order valence-corrected chi connectivity index (χ1v) is 6.62. The molecule has 6 heteroatoms. The minimum atomic E-state index is -0.324. The van der Waals surface area contributed by atoms with Crippen LogP contribution in [0.1, 0.15) is 5.69 Å². The lowest BCUT2D eigenvalue weighted by Gasteiger charge is -2.09. The Labute approximate surface area is 119 Å². The van der Waals surface area contributed by atoms with Crippen LogP contribution in [0, 0.1) is 5.82 Å². The van der Waals surface area contributed by atoms with Gasteiger partial charge in [-0.2, -0.15) is 0 Å². The molecule has 0 aliphatic carbocycles. The van der Waals surface area contributed by atoms with Gasteiger partial charge in [-0.15, -0.1) is 0 Å². The predicted octanol–water partition coefficient (Wildman–Crippen LogP) is 2.50. The Hall–Kier alpha value is -1.40. The fourth-order valence-corrected chi connectivity index (χ4v) is 2.63. The Kier molecular flexibility index (Phi) is 4.21. The molecule has 1 aromatic heterocycles. The lowest BCUT2D eigenvalue weighted by atomic mass is 10.2. The SMILES string of the molecule is COc1ccc(F)cc1-c1nc(Br)c(CCN)n1C. The zero-order chi connectivity index (χ0) is 14.0. The van der Waals surface area contributed by atoms with Gasteiger partial charge in [-0.25, -0.2) is 9.37 Å². The normalized spacial score (nSPS) is 10.8. The van der Waals surface area contributed by atoms with Crippen LogP contribution in [0.2, 0.25) is 0 Å². The molecule has 0 radical (unpaired) electrons. The highest BCUT2D eigenvalue weighted by atomic mass is 79.9. The largest absolute Gasteiger partial charge is 0.496 e. The third-order valence-corrected chi connectivity index (χ3v) is 3.58. The van der Waals surface area contributed by atoms with Gasteiger partial charge >= 0.3 is 0 Å². The number of nitrogens with zero attached hydrogens (tertiary/aromatic N) is 2. The van der Waals surface area contributed by atoms with Crippen LogP contribution >= 0.6 is 15.9 Å². The van der Waals surface area contributed by atoms with Crippen molar-refractivity contribution in [3.05, 3.63) is 34.3 Å². The van der Waals surface area contributed by atoms with E-state index in [1.165, 1.54) is 12.1 Å². The van der Waals surface area contributed by atoms with Gasteiger partial charge in [-0.05, 0) is 40.7 Å². The third-order valence-electron chi connectivity index (χ3n) is 2.95. The standard InChI is InChI=1S/C13H15BrFN3O/c1-18-10(5-6-16)12(14)17-13(18)9-7-8(15)3-4-11(9)19-2/h3-4,7H,5-6,16H2,1-2H3. The van der Waals surface area contributed by atoms with Crippen molar-refractivity contribution in [3.63, 3.8) is 0 Å². The summed E-state index contributed by atoms with van der Waals surface area (Å²) in [5, 5.41) is 0. The summed E-state index contributed by atoms with van der Waals surface area (Å²) < 4.78 is 21.3. The predicted molar refractivity (Wildman–Crippen MR) is 75.6 cm³/mol. The molecular weight excluding hydrogens is 313 g/mol. The molecule has 19 heavy (non-hydrogen) atoms. The van der Waals surface area contributed by atoms with E-state index in [0.717, 1.165) is 10.3 Å². The van der Waals surface area contributed by atoms with E-state index in [1.807, 2.05) is 11.6 Å². The molecule has 0 unspecified atom stereocenters. The zero-order valence-corrected chi connectivity index (χ0v) is 12.4. The summed E-state index contributed by atoms with van der Waals surface area (Å²) in [6.45, 7) is 0.526. The van der Waals surface area contributed by atoms with Gasteiger partial charge < -0.3 is 15.0 Å². The molecule has 2 aromatic rings. The molecule has 0 saturated carbocycles. The summed E-state index contributed by atoms with van der Waals surface area (Å²) in [7, 11) is 3.43. The van der Waals surface area contributed by atoms with Crippen LogP contribution in [0.15, 0.2) is 22.8 Å². The van der Waals surface area contributed by atoms with Crippen LogP contribution in [0.25, 0.3) is 11.4 Å². The smallest absolute Gasteiger partial charge is 0.145 e. The first-order chi connectivity index (χ1) is 9.08. The Balaban J connectivity index is 2.59. The van der Waals surface area contributed by atoms with Crippen LogP contribution in [-0.4, -0.2) is 23.2 Å². The summed E-state index contributed by atoms with van der Waals surface area (Å²) >= 11 is 3.41. The average molecular weight is 328 g/mol. The van der Waals surface area contributed by atoms with Crippen molar-refractivity contribution in [3.8, 4) is 17.1 Å². The van der Waals surface area contributed by atoms with Crippen LogP contribution in [0.4, 0.5) is 4.39 Å². The molecule has 4 nitrogen and oxygen atoms in total. The van der Waals surface area contributed by atoms with Gasteiger partial charge in [0.2, 0.25) is 0 Å². The quantitative estimate of drug-likeness (QED) is 0.938. The molecule has 0 saturated heterocycles. The molecule has 102 valence electrons. The number of methoxy groups -OCH3 is 1. The summed E-state index contributed by atoms with van der Waals surface area (Å²) in [6, 6.07) is 4.37. The Morgan fingerprint density at radius 2 is 2.21 bits per heavy atom. The monoisotopic (exact) mass is 327 g/mol. The molecule has 0 atom stereocenters. The highest BCUT2D eigenvalue weighted by Crippen LogP contribution is 2.32. The summed E-state index contributed by atoms with van der Waals surface area (Å²) in [6.07, 6.45) is 0.696. The van der Waals surface area contributed by atoms with Crippen LogP contribution in [0.5, 0.6) is 5.75 Å². The molecular formula is C13H15BrFN3O. The second-order valence-corrected chi connectivity index (χ2v) is 4.87. The van der Waals surface area contributed by atoms with Gasteiger partial charge in [0.25, 0.3) is 0 Å². The van der Waals surface area contributed by atoms with E-state index < -0.39 is 0 Å². The number of aromatic nitrogens is 2. The first kappa shape index (κ1) is 14.0. The molecule has 1 aromatic carbocycles. The fourth-order valence-electron chi connectivity index (χ4n) is 2.00. The van der Waals surface area contributed by atoms with E-state index in [2.05, 4.69) is 20.9 Å². The average Bonchev–Trinajstić information content (AvgIpc) is 2.67. The van der Waals surface area contributed by atoms with Gasteiger partial charge in [0, 0.05) is 13.5 Å². The van der Waals surface area contributed by atoms with Crippen molar-refractivity contribution in [2.75, 3.05) is 13.7 Å². The molecule has 0 amide bonds. The van der Waals surface area contributed by atoms with E-state index in [-0.39, 0.29) is 5.82 Å².